The molecule has 1 saturated carbocycles. The van der Waals surface area contributed by atoms with Crippen LogP contribution in [0, 0.1) is 5.82 Å². The van der Waals surface area contributed by atoms with Gasteiger partial charge in [-0.3, -0.25) is 0 Å². The maximum atomic E-state index is 13.6. The first kappa shape index (κ1) is 16.2. The lowest BCUT2D eigenvalue weighted by Crippen LogP contribution is -2.61. The Bertz CT molecular complexity index is 430. The summed E-state index contributed by atoms with van der Waals surface area (Å²) < 4.78 is 30.2. The van der Waals surface area contributed by atoms with Crippen LogP contribution in [0.1, 0.15) is 19.8 Å². The minimum absolute atomic E-state index is 0.0636. The van der Waals surface area contributed by atoms with Crippen LogP contribution in [-0.4, -0.2) is 45.1 Å². The number of halogens is 1. The van der Waals surface area contributed by atoms with E-state index < -0.39 is 0 Å². The third kappa shape index (κ3) is 4.40. The largest absolute Gasteiger partial charge is 0.485 e. The number of methoxy groups -OCH3 is 1. The van der Waals surface area contributed by atoms with E-state index in [4.69, 9.17) is 14.2 Å². The van der Waals surface area contributed by atoms with Gasteiger partial charge in [0.15, 0.2) is 11.6 Å². The van der Waals surface area contributed by atoms with Crippen molar-refractivity contribution in [3.63, 3.8) is 0 Å². The third-order valence-corrected chi connectivity index (χ3v) is 3.62. The second-order valence-corrected chi connectivity index (χ2v) is 5.21. The molecule has 0 saturated heterocycles. The van der Waals surface area contributed by atoms with E-state index in [1.165, 1.54) is 6.07 Å². The summed E-state index contributed by atoms with van der Waals surface area (Å²) in [6.07, 6.45) is 1.71. The Labute approximate surface area is 125 Å². The van der Waals surface area contributed by atoms with Gasteiger partial charge in [-0.15, -0.1) is 0 Å². The predicted molar refractivity (Wildman–Crippen MR) is 79.1 cm³/mol. The molecule has 0 radical (unpaired) electrons. The molecule has 5 heteroatoms. The number of hydrogen-bond acceptors (Lipinski definition) is 4. The highest BCUT2D eigenvalue weighted by Crippen LogP contribution is 2.30. The number of rotatable bonds is 9. The highest BCUT2D eigenvalue weighted by molar-refractivity contribution is 5.24. The molecule has 3 unspecified atom stereocenters. The van der Waals surface area contributed by atoms with Gasteiger partial charge in [0.1, 0.15) is 12.2 Å². The van der Waals surface area contributed by atoms with Crippen molar-refractivity contribution in [2.24, 2.45) is 0 Å². The van der Waals surface area contributed by atoms with E-state index in [0.717, 1.165) is 19.4 Å². The smallest absolute Gasteiger partial charge is 0.165 e. The molecule has 0 heterocycles. The Hall–Kier alpha value is -1.17. The number of benzene rings is 1. The molecule has 1 N–H and O–H groups in total. The zero-order valence-electron chi connectivity index (χ0n) is 12.7. The second-order valence-electron chi connectivity index (χ2n) is 5.21. The van der Waals surface area contributed by atoms with Crippen LogP contribution >= 0.6 is 0 Å². The van der Waals surface area contributed by atoms with Gasteiger partial charge in [-0.05, 0) is 25.1 Å². The van der Waals surface area contributed by atoms with E-state index in [1.54, 1.807) is 25.3 Å². The standard InChI is InChI=1S/C16H24FNO3/c1-3-8-18-13-11-15(16(13)20-10-9-19-2)21-14-7-5-4-6-12(14)17/h4-7,13,15-16,18H,3,8-11H2,1-2H3. The summed E-state index contributed by atoms with van der Waals surface area (Å²) in [5.41, 5.74) is 0. The van der Waals surface area contributed by atoms with Crippen molar-refractivity contribution in [2.75, 3.05) is 26.9 Å². The van der Waals surface area contributed by atoms with Crippen LogP contribution in [0.3, 0.4) is 0 Å². The van der Waals surface area contributed by atoms with E-state index in [1.807, 2.05) is 0 Å². The van der Waals surface area contributed by atoms with Gasteiger partial charge in [-0.25, -0.2) is 4.39 Å². The fraction of sp³-hybridized carbons (Fsp3) is 0.625. The summed E-state index contributed by atoms with van der Waals surface area (Å²) >= 11 is 0. The van der Waals surface area contributed by atoms with Gasteiger partial charge in [0.2, 0.25) is 0 Å². The van der Waals surface area contributed by atoms with Crippen LogP contribution in [-0.2, 0) is 9.47 Å². The molecule has 1 aromatic rings. The topological polar surface area (TPSA) is 39.7 Å². The lowest BCUT2D eigenvalue weighted by atomic mass is 9.85. The van der Waals surface area contributed by atoms with E-state index >= 15 is 0 Å². The summed E-state index contributed by atoms with van der Waals surface area (Å²) in [4.78, 5) is 0. The molecular formula is C16H24FNO3. The first-order valence-electron chi connectivity index (χ1n) is 7.51. The van der Waals surface area contributed by atoms with Crippen molar-refractivity contribution in [2.45, 2.75) is 38.0 Å². The molecule has 1 fully saturated rings. The van der Waals surface area contributed by atoms with Gasteiger partial charge >= 0.3 is 0 Å². The molecule has 0 bridgehead atoms. The van der Waals surface area contributed by atoms with E-state index in [2.05, 4.69) is 12.2 Å². The Balaban J connectivity index is 1.90. The molecule has 0 aromatic heterocycles. The summed E-state index contributed by atoms with van der Waals surface area (Å²) in [5.74, 6) is -0.0464. The molecular weight excluding hydrogens is 273 g/mol. The van der Waals surface area contributed by atoms with Gasteiger partial charge < -0.3 is 19.5 Å². The third-order valence-electron chi connectivity index (χ3n) is 3.62. The van der Waals surface area contributed by atoms with E-state index in [0.29, 0.717) is 13.2 Å². The molecule has 1 aliphatic rings. The molecule has 0 spiro atoms. The Morgan fingerprint density at radius 2 is 2.10 bits per heavy atom. The molecule has 21 heavy (non-hydrogen) atoms. The highest BCUT2D eigenvalue weighted by Gasteiger charge is 2.43. The van der Waals surface area contributed by atoms with Gasteiger partial charge in [0.05, 0.1) is 13.2 Å². The Morgan fingerprint density at radius 1 is 1.29 bits per heavy atom. The molecule has 1 aromatic carbocycles. The summed E-state index contributed by atoms with van der Waals surface area (Å²) in [7, 11) is 1.64. The highest BCUT2D eigenvalue weighted by atomic mass is 19.1. The second kappa shape index (κ2) is 8.32. The number of hydrogen-bond donors (Lipinski definition) is 1. The van der Waals surface area contributed by atoms with Crippen molar-refractivity contribution in [1.82, 2.24) is 5.32 Å². The molecule has 3 atom stereocenters. The lowest BCUT2D eigenvalue weighted by molar-refractivity contribution is -0.116. The Kier molecular flexibility index (Phi) is 6.42. The zero-order valence-corrected chi connectivity index (χ0v) is 12.7. The maximum absolute atomic E-state index is 13.6. The fourth-order valence-electron chi connectivity index (χ4n) is 2.42. The molecule has 2 rings (SSSR count). The molecule has 4 nitrogen and oxygen atoms in total. The number of ether oxygens (including phenoxy) is 3. The van der Waals surface area contributed by atoms with Crippen LogP contribution < -0.4 is 10.1 Å². The Morgan fingerprint density at radius 3 is 2.81 bits per heavy atom. The van der Waals surface area contributed by atoms with Crippen LogP contribution in [0.2, 0.25) is 0 Å². The predicted octanol–water partition coefficient (Wildman–Crippen LogP) is 2.38. The maximum Gasteiger partial charge on any atom is 0.165 e. The monoisotopic (exact) mass is 297 g/mol. The van der Waals surface area contributed by atoms with E-state index in [9.17, 15) is 4.39 Å². The average Bonchev–Trinajstić information content (AvgIpc) is 2.48. The van der Waals surface area contributed by atoms with Gasteiger partial charge in [0.25, 0.3) is 0 Å². The van der Waals surface area contributed by atoms with Crippen LogP contribution in [0.15, 0.2) is 24.3 Å². The van der Waals surface area contributed by atoms with Crippen molar-refractivity contribution < 1.29 is 18.6 Å². The molecule has 1 aliphatic carbocycles. The normalized spacial score (nSPS) is 24.6. The molecule has 0 aliphatic heterocycles. The minimum atomic E-state index is -0.335. The summed E-state index contributed by atoms with van der Waals surface area (Å²) in [6, 6.07) is 6.74. The van der Waals surface area contributed by atoms with Crippen LogP contribution in [0.5, 0.6) is 5.75 Å². The summed E-state index contributed by atoms with van der Waals surface area (Å²) in [6.45, 7) is 4.13. The SMILES string of the molecule is CCCNC1CC(Oc2ccccc2F)C1OCCOC. The number of nitrogens with one attached hydrogen (secondary N) is 1. The van der Waals surface area contributed by atoms with Gasteiger partial charge in [-0.1, -0.05) is 19.1 Å². The fourth-order valence-corrected chi connectivity index (χ4v) is 2.42. The number of para-hydroxylation sites is 1. The van der Waals surface area contributed by atoms with Crippen LogP contribution in [0.25, 0.3) is 0 Å². The van der Waals surface area contributed by atoms with E-state index in [-0.39, 0.29) is 29.8 Å². The first-order chi connectivity index (χ1) is 10.3. The molecule has 0 amide bonds. The first-order valence-corrected chi connectivity index (χ1v) is 7.51. The zero-order chi connectivity index (χ0) is 15.1. The summed E-state index contributed by atoms with van der Waals surface area (Å²) in [5, 5.41) is 3.44. The van der Waals surface area contributed by atoms with Crippen molar-refractivity contribution in [3.8, 4) is 5.75 Å². The quantitative estimate of drug-likeness (QED) is 0.710. The van der Waals surface area contributed by atoms with Crippen molar-refractivity contribution >= 4 is 0 Å². The minimum Gasteiger partial charge on any atom is -0.485 e. The lowest BCUT2D eigenvalue weighted by Gasteiger charge is -2.44. The van der Waals surface area contributed by atoms with Crippen LogP contribution in [0.4, 0.5) is 4.39 Å². The van der Waals surface area contributed by atoms with Crippen molar-refractivity contribution in [1.29, 1.82) is 0 Å². The molecule has 118 valence electrons. The van der Waals surface area contributed by atoms with Crippen molar-refractivity contribution in [3.05, 3.63) is 30.1 Å². The average molecular weight is 297 g/mol. The van der Waals surface area contributed by atoms with Gasteiger partial charge in [-0.2, -0.15) is 0 Å². The van der Waals surface area contributed by atoms with Gasteiger partial charge in [0, 0.05) is 19.6 Å².